The minimum absolute atomic E-state index is 0.165. The summed E-state index contributed by atoms with van der Waals surface area (Å²) >= 11 is 1.61. The number of aromatic nitrogens is 1. The van der Waals surface area contributed by atoms with E-state index in [-0.39, 0.29) is 30.2 Å². The van der Waals surface area contributed by atoms with E-state index in [4.69, 9.17) is 4.74 Å². The molecule has 0 aliphatic carbocycles. The summed E-state index contributed by atoms with van der Waals surface area (Å²) in [7, 11) is 0. The van der Waals surface area contributed by atoms with Gasteiger partial charge in [-0.05, 0) is 75.6 Å². The molecule has 10 heteroatoms. The Labute approximate surface area is 260 Å². The van der Waals surface area contributed by atoms with E-state index in [1.54, 1.807) is 16.2 Å². The number of hydrogen-bond acceptors (Lipinski definition) is 7. The Kier molecular flexibility index (Phi) is 11.7. The molecule has 2 aliphatic rings. The lowest BCUT2D eigenvalue weighted by molar-refractivity contribution is -0.144. The van der Waals surface area contributed by atoms with E-state index in [9.17, 15) is 14.4 Å². The second-order valence-electron chi connectivity index (χ2n) is 12.9. The van der Waals surface area contributed by atoms with Gasteiger partial charge in [0, 0.05) is 26.1 Å². The Bertz CT molecular complexity index is 1220. The molecular formula is C33H49N5O4S. The van der Waals surface area contributed by atoms with Crippen molar-refractivity contribution in [3.63, 3.8) is 0 Å². The number of ether oxygens (including phenoxy) is 1. The minimum Gasteiger partial charge on any atom is -0.381 e. The zero-order chi connectivity index (χ0) is 31.0. The number of carbonyl (C=O) groups is 3. The van der Waals surface area contributed by atoms with E-state index in [1.165, 1.54) is 25.9 Å². The van der Waals surface area contributed by atoms with Crippen molar-refractivity contribution in [1.29, 1.82) is 0 Å². The minimum atomic E-state index is -0.733. The van der Waals surface area contributed by atoms with Gasteiger partial charge in [-0.15, -0.1) is 11.3 Å². The number of thiazole rings is 1. The Morgan fingerprint density at radius 1 is 1.05 bits per heavy atom. The SMILES string of the molecule is Cc1ncsc1-c1ccc(C(C)NC(=O)C2CCCN2C(=O)[C@@H](NC(=O)CCOCCCN2CCCC2)C(C)(C)C)cc1. The summed E-state index contributed by atoms with van der Waals surface area (Å²) in [4.78, 5) is 49.7. The summed E-state index contributed by atoms with van der Waals surface area (Å²) in [5.41, 5.74) is 4.44. The summed E-state index contributed by atoms with van der Waals surface area (Å²) < 4.78 is 5.71. The molecule has 3 atom stereocenters. The van der Waals surface area contributed by atoms with Crippen LogP contribution in [0, 0.1) is 12.3 Å². The predicted molar refractivity (Wildman–Crippen MR) is 171 cm³/mol. The lowest BCUT2D eigenvalue weighted by Crippen LogP contribution is -2.57. The van der Waals surface area contributed by atoms with Crippen LogP contribution in [0.15, 0.2) is 29.8 Å². The summed E-state index contributed by atoms with van der Waals surface area (Å²) in [6.07, 6.45) is 5.06. The molecule has 1 aromatic heterocycles. The molecule has 2 unspecified atom stereocenters. The summed E-state index contributed by atoms with van der Waals surface area (Å²) in [6, 6.07) is 6.66. The Balaban J connectivity index is 1.28. The van der Waals surface area contributed by atoms with Crippen molar-refractivity contribution in [2.75, 3.05) is 39.4 Å². The maximum absolute atomic E-state index is 13.8. The van der Waals surface area contributed by atoms with Crippen LogP contribution in [-0.4, -0.2) is 84.0 Å². The average molecular weight is 612 g/mol. The van der Waals surface area contributed by atoms with Crippen molar-refractivity contribution in [1.82, 2.24) is 25.4 Å². The van der Waals surface area contributed by atoms with Crippen molar-refractivity contribution < 1.29 is 19.1 Å². The first-order valence-electron chi connectivity index (χ1n) is 15.8. The van der Waals surface area contributed by atoms with Crippen LogP contribution >= 0.6 is 11.3 Å². The molecule has 2 aliphatic heterocycles. The molecule has 2 saturated heterocycles. The van der Waals surface area contributed by atoms with Gasteiger partial charge < -0.3 is 25.2 Å². The maximum Gasteiger partial charge on any atom is 0.246 e. The Morgan fingerprint density at radius 2 is 1.77 bits per heavy atom. The van der Waals surface area contributed by atoms with Gasteiger partial charge in [-0.25, -0.2) is 4.98 Å². The zero-order valence-electron chi connectivity index (χ0n) is 26.5. The van der Waals surface area contributed by atoms with Crippen LogP contribution < -0.4 is 10.6 Å². The highest BCUT2D eigenvalue weighted by Crippen LogP contribution is 2.29. The third-order valence-electron chi connectivity index (χ3n) is 8.47. The molecule has 43 heavy (non-hydrogen) atoms. The third kappa shape index (κ3) is 9.09. The summed E-state index contributed by atoms with van der Waals surface area (Å²) in [6.45, 7) is 14.6. The quantitative estimate of drug-likeness (QED) is 0.318. The van der Waals surface area contributed by atoms with Crippen LogP contribution in [-0.2, 0) is 19.1 Å². The first kappa shape index (κ1) is 33.1. The molecule has 2 fully saturated rings. The largest absolute Gasteiger partial charge is 0.381 e. The molecule has 0 spiro atoms. The monoisotopic (exact) mass is 611 g/mol. The van der Waals surface area contributed by atoms with Crippen LogP contribution in [0.5, 0.6) is 0 Å². The predicted octanol–water partition coefficient (Wildman–Crippen LogP) is 4.71. The fourth-order valence-corrected chi connectivity index (χ4v) is 6.72. The molecule has 2 aromatic rings. The van der Waals surface area contributed by atoms with Gasteiger partial charge in [0.05, 0.1) is 28.7 Å². The third-order valence-corrected chi connectivity index (χ3v) is 9.45. The van der Waals surface area contributed by atoms with Gasteiger partial charge >= 0.3 is 0 Å². The van der Waals surface area contributed by atoms with E-state index in [2.05, 4.69) is 32.7 Å². The van der Waals surface area contributed by atoms with Crippen LogP contribution in [0.4, 0.5) is 0 Å². The van der Waals surface area contributed by atoms with Crippen LogP contribution in [0.3, 0.4) is 0 Å². The lowest BCUT2D eigenvalue weighted by Gasteiger charge is -2.35. The highest BCUT2D eigenvalue weighted by Gasteiger charge is 2.42. The molecule has 2 N–H and O–H groups in total. The van der Waals surface area contributed by atoms with Gasteiger partial charge in [-0.2, -0.15) is 0 Å². The highest BCUT2D eigenvalue weighted by atomic mass is 32.1. The van der Waals surface area contributed by atoms with E-state index < -0.39 is 17.5 Å². The topological polar surface area (TPSA) is 104 Å². The number of likely N-dealkylation sites (tertiary alicyclic amines) is 2. The van der Waals surface area contributed by atoms with Crippen LogP contribution in [0.25, 0.3) is 10.4 Å². The second-order valence-corrected chi connectivity index (χ2v) is 13.8. The van der Waals surface area contributed by atoms with Crippen molar-refractivity contribution in [2.24, 2.45) is 5.41 Å². The van der Waals surface area contributed by atoms with Gasteiger partial charge in [0.15, 0.2) is 0 Å². The number of amides is 3. The van der Waals surface area contributed by atoms with E-state index in [0.717, 1.165) is 41.1 Å². The van der Waals surface area contributed by atoms with Crippen LogP contribution in [0.2, 0.25) is 0 Å². The van der Waals surface area contributed by atoms with Gasteiger partial charge in [0.25, 0.3) is 0 Å². The van der Waals surface area contributed by atoms with Crippen molar-refractivity contribution in [2.45, 2.75) is 91.3 Å². The maximum atomic E-state index is 13.8. The molecule has 0 bridgehead atoms. The molecule has 0 saturated carbocycles. The van der Waals surface area contributed by atoms with Crippen molar-refractivity contribution >= 4 is 29.1 Å². The number of nitrogens with one attached hydrogen (secondary N) is 2. The van der Waals surface area contributed by atoms with Crippen LogP contribution in [0.1, 0.15) is 83.5 Å². The van der Waals surface area contributed by atoms with Crippen molar-refractivity contribution in [3.05, 3.63) is 41.0 Å². The molecule has 4 rings (SSSR count). The normalized spacial score (nSPS) is 18.9. The Morgan fingerprint density at radius 3 is 2.42 bits per heavy atom. The van der Waals surface area contributed by atoms with Crippen molar-refractivity contribution in [3.8, 4) is 10.4 Å². The first-order valence-corrected chi connectivity index (χ1v) is 16.6. The number of carbonyl (C=O) groups excluding carboxylic acids is 3. The highest BCUT2D eigenvalue weighted by molar-refractivity contribution is 7.13. The molecule has 3 heterocycles. The smallest absolute Gasteiger partial charge is 0.246 e. The second kappa shape index (κ2) is 15.3. The molecule has 0 radical (unpaired) electrons. The average Bonchev–Trinajstić information content (AvgIpc) is 3.75. The number of nitrogens with zero attached hydrogens (tertiary/aromatic N) is 3. The summed E-state index contributed by atoms with van der Waals surface area (Å²) in [5.74, 6) is -0.581. The van der Waals surface area contributed by atoms with E-state index in [1.807, 2.05) is 52.3 Å². The molecule has 236 valence electrons. The first-order chi connectivity index (χ1) is 20.5. The Hall–Kier alpha value is -2.82. The molecule has 9 nitrogen and oxygen atoms in total. The molecule has 3 amide bonds. The lowest BCUT2D eigenvalue weighted by atomic mass is 9.85. The molecular weight excluding hydrogens is 562 g/mol. The fraction of sp³-hybridized carbons (Fsp3) is 0.636. The number of benzene rings is 1. The van der Waals surface area contributed by atoms with E-state index >= 15 is 0 Å². The standard InChI is InChI=1S/C33H49N5O4S/c1-23(25-11-13-26(14-12-25)29-24(2)34-22-43-29)35-31(40)27-10-8-19-38(27)32(41)30(33(3,4)5)36-28(39)15-21-42-20-9-18-37-16-6-7-17-37/h11-14,22-23,27,30H,6-10,15-21H2,1-5H3,(H,35,40)(H,36,39)/t23?,27?,30-/m1/s1. The zero-order valence-corrected chi connectivity index (χ0v) is 27.3. The molecule has 1 aromatic carbocycles. The fourth-order valence-electron chi connectivity index (χ4n) is 5.91. The number of rotatable bonds is 13. The number of aryl methyl sites for hydroxylation is 1. The summed E-state index contributed by atoms with van der Waals surface area (Å²) in [5, 5.41) is 6.08. The van der Waals surface area contributed by atoms with Gasteiger partial charge in [-0.3, -0.25) is 14.4 Å². The van der Waals surface area contributed by atoms with E-state index in [0.29, 0.717) is 26.2 Å². The number of hydrogen-bond donors (Lipinski definition) is 2. The van der Waals surface area contributed by atoms with Gasteiger partial charge in [-0.1, -0.05) is 45.0 Å². The van der Waals surface area contributed by atoms with Gasteiger partial charge in [0.1, 0.15) is 12.1 Å². The van der Waals surface area contributed by atoms with Gasteiger partial charge in [0.2, 0.25) is 17.7 Å².